The van der Waals surface area contributed by atoms with Gasteiger partial charge in [-0.2, -0.15) is 0 Å². The van der Waals surface area contributed by atoms with E-state index in [0.717, 1.165) is 64.7 Å². The summed E-state index contributed by atoms with van der Waals surface area (Å²) in [5.74, 6) is 1.80. The number of benzene rings is 1. The van der Waals surface area contributed by atoms with E-state index in [1.807, 2.05) is 24.1 Å². The first kappa shape index (κ1) is 23.2. The van der Waals surface area contributed by atoms with Crippen LogP contribution in [0.3, 0.4) is 0 Å². The fraction of sp³-hybridized carbons (Fsp3) is 0.458. The number of nitrogens with zero attached hydrogens (tertiary/aromatic N) is 4. The number of amides is 1. The van der Waals surface area contributed by atoms with Gasteiger partial charge in [-0.15, -0.1) is 24.0 Å². The summed E-state index contributed by atoms with van der Waals surface area (Å²) in [6.07, 6.45) is 4.08. The molecule has 0 radical (unpaired) electrons. The summed E-state index contributed by atoms with van der Waals surface area (Å²) in [6.45, 7) is 1.67. The van der Waals surface area contributed by atoms with E-state index >= 15 is 0 Å². The molecule has 2 aromatic heterocycles. The molecule has 0 saturated carbocycles. The van der Waals surface area contributed by atoms with Crippen LogP contribution >= 0.6 is 24.0 Å². The van der Waals surface area contributed by atoms with E-state index < -0.39 is 0 Å². The molecule has 1 amide bonds. The molecule has 10 heteroatoms. The first-order chi connectivity index (χ1) is 16.4. The molecule has 0 bridgehead atoms. The standard InChI is InChI=1S/C24H30N6O2S2/c1-25-17-8-18(32-4)16(9-19(17)33)28-22-21-15-6-5-13(7-20(15)34-23(21)27-12-26-22)24(31)30-10-14(11-30)29(2)3/h8-9,12-14,25,33H,5-7,10-11H2,1-4H3,(H,26,27,28). The number of aromatic nitrogens is 2. The highest BCUT2D eigenvalue weighted by Gasteiger charge is 2.37. The number of nitrogens with one attached hydrogen (secondary N) is 2. The van der Waals surface area contributed by atoms with Gasteiger partial charge in [0.05, 0.1) is 23.9 Å². The molecule has 1 aromatic carbocycles. The Morgan fingerprint density at radius 1 is 1.26 bits per heavy atom. The van der Waals surface area contributed by atoms with Crippen molar-refractivity contribution in [3.05, 3.63) is 28.9 Å². The zero-order chi connectivity index (χ0) is 24.0. The maximum atomic E-state index is 13.1. The number of likely N-dealkylation sites (tertiary alicyclic amines) is 1. The number of thiol groups is 1. The highest BCUT2D eigenvalue weighted by Crippen LogP contribution is 2.42. The summed E-state index contributed by atoms with van der Waals surface area (Å²) < 4.78 is 5.60. The van der Waals surface area contributed by atoms with Gasteiger partial charge in [0, 0.05) is 47.9 Å². The lowest BCUT2D eigenvalue weighted by Crippen LogP contribution is -2.60. The monoisotopic (exact) mass is 498 g/mol. The molecule has 1 aliphatic carbocycles. The van der Waals surface area contributed by atoms with Gasteiger partial charge in [-0.1, -0.05) is 0 Å². The van der Waals surface area contributed by atoms with E-state index in [9.17, 15) is 4.79 Å². The number of ether oxygens (including phenoxy) is 1. The first-order valence-corrected chi connectivity index (χ1v) is 12.7. The van der Waals surface area contributed by atoms with E-state index in [2.05, 4.69) is 52.2 Å². The van der Waals surface area contributed by atoms with Crippen LogP contribution in [0.25, 0.3) is 10.2 Å². The van der Waals surface area contributed by atoms with Crippen LogP contribution < -0.4 is 15.4 Å². The number of thiophene rings is 1. The van der Waals surface area contributed by atoms with Gasteiger partial charge < -0.3 is 25.2 Å². The molecule has 0 spiro atoms. The van der Waals surface area contributed by atoms with Crippen LogP contribution in [0.15, 0.2) is 23.4 Å². The Morgan fingerprint density at radius 3 is 2.76 bits per heavy atom. The lowest BCUT2D eigenvalue weighted by Gasteiger charge is -2.44. The van der Waals surface area contributed by atoms with Crippen molar-refractivity contribution >= 4 is 57.3 Å². The van der Waals surface area contributed by atoms with E-state index in [4.69, 9.17) is 4.74 Å². The summed E-state index contributed by atoms with van der Waals surface area (Å²) >= 11 is 6.27. The zero-order valence-electron chi connectivity index (χ0n) is 19.9. The quantitative estimate of drug-likeness (QED) is 0.448. The van der Waals surface area contributed by atoms with E-state index in [1.165, 1.54) is 10.4 Å². The number of carbonyl (C=O) groups is 1. The molecule has 180 valence electrons. The summed E-state index contributed by atoms with van der Waals surface area (Å²) in [5.41, 5.74) is 2.95. The highest BCUT2D eigenvalue weighted by molar-refractivity contribution is 7.80. The predicted molar refractivity (Wildman–Crippen MR) is 140 cm³/mol. The Hall–Kier alpha value is -2.56. The number of likely N-dealkylation sites (N-methyl/N-ethyl adjacent to an activating group) is 1. The molecule has 1 fully saturated rings. The van der Waals surface area contributed by atoms with Crippen LogP contribution in [-0.2, 0) is 17.6 Å². The molecule has 5 rings (SSSR count). The lowest BCUT2D eigenvalue weighted by molar-refractivity contribution is -0.142. The van der Waals surface area contributed by atoms with Crippen molar-refractivity contribution in [1.82, 2.24) is 19.8 Å². The van der Waals surface area contributed by atoms with Crippen molar-refractivity contribution in [3.63, 3.8) is 0 Å². The Balaban J connectivity index is 1.41. The number of hydrogen-bond donors (Lipinski definition) is 3. The molecular formula is C24H30N6O2S2. The van der Waals surface area contributed by atoms with Crippen molar-refractivity contribution in [2.45, 2.75) is 30.2 Å². The fourth-order valence-corrected chi connectivity index (χ4v) is 6.37. The Labute approximate surface area is 209 Å². The largest absolute Gasteiger partial charge is 0.494 e. The van der Waals surface area contributed by atoms with Crippen LogP contribution in [0, 0.1) is 5.92 Å². The Bertz CT molecular complexity index is 1240. The van der Waals surface area contributed by atoms with Crippen molar-refractivity contribution in [2.75, 3.05) is 52.0 Å². The Morgan fingerprint density at radius 2 is 2.06 bits per heavy atom. The topological polar surface area (TPSA) is 82.6 Å². The minimum absolute atomic E-state index is 0.0500. The minimum Gasteiger partial charge on any atom is -0.494 e. The van der Waals surface area contributed by atoms with Gasteiger partial charge in [0.15, 0.2) is 0 Å². The molecule has 2 aliphatic rings. The molecule has 1 saturated heterocycles. The molecular weight excluding hydrogens is 468 g/mol. The van der Waals surface area contributed by atoms with Gasteiger partial charge in [0.25, 0.3) is 0 Å². The van der Waals surface area contributed by atoms with Crippen LogP contribution in [-0.4, -0.2) is 73.1 Å². The van der Waals surface area contributed by atoms with Crippen LogP contribution in [0.5, 0.6) is 5.75 Å². The smallest absolute Gasteiger partial charge is 0.226 e. The summed E-state index contributed by atoms with van der Waals surface area (Å²) in [6, 6.07) is 4.33. The number of rotatable bonds is 6. The van der Waals surface area contributed by atoms with Gasteiger partial charge in [0.1, 0.15) is 22.7 Å². The molecule has 3 heterocycles. The number of anilines is 3. The predicted octanol–water partition coefficient (Wildman–Crippen LogP) is 3.65. The molecule has 8 nitrogen and oxygen atoms in total. The maximum absolute atomic E-state index is 13.1. The van der Waals surface area contributed by atoms with Gasteiger partial charge in [-0.3, -0.25) is 4.79 Å². The summed E-state index contributed by atoms with van der Waals surface area (Å²) in [7, 11) is 7.65. The van der Waals surface area contributed by atoms with Gasteiger partial charge in [-0.25, -0.2) is 9.97 Å². The molecule has 3 aromatic rings. The SMILES string of the molecule is CNc1cc(OC)c(Nc2ncnc3sc4c(c23)CCC(C(=O)N2CC(N(C)C)C2)C4)cc1S. The second kappa shape index (κ2) is 9.24. The number of aryl methyl sites for hydroxylation is 1. The van der Waals surface area contributed by atoms with Crippen LogP contribution in [0.1, 0.15) is 16.9 Å². The second-order valence-corrected chi connectivity index (χ2v) is 10.7. The lowest BCUT2D eigenvalue weighted by atomic mass is 9.86. The van der Waals surface area contributed by atoms with E-state index in [-0.39, 0.29) is 5.92 Å². The number of hydrogen-bond acceptors (Lipinski definition) is 9. The number of fused-ring (bicyclic) bond motifs is 3. The van der Waals surface area contributed by atoms with Crippen molar-refractivity contribution in [3.8, 4) is 5.75 Å². The molecule has 1 aliphatic heterocycles. The van der Waals surface area contributed by atoms with Crippen LogP contribution in [0.4, 0.5) is 17.2 Å². The molecule has 2 N–H and O–H groups in total. The number of methoxy groups -OCH3 is 1. The summed E-state index contributed by atoms with van der Waals surface area (Å²) in [4.78, 5) is 29.4. The van der Waals surface area contributed by atoms with Crippen molar-refractivity contribution in [1.29, 1.82) is 0 Å². The highest BCUT2D eigenvalue weighted by atomic mass is 32.1. The minimum atomic E-state index is 0.0500. The van der Waals surface area contributed by atoms with Crippen LogP contribution in [0.2, 0.25) is 0 Å². The fourth-order valence-electron chi connectivity index (χ4n) is 4.80. The third-order valence-electron chi connectivity index (χ3n) is 6.94. The van der Waals surface area contributed by atoms with Gasteiger partial charge >= 0.3 is 0 Å². The van der Waals surface area contributed by atoms with Gasteiger partial charge in [0.2, 0.25) is 5.91 Å². The maximum Gasteiger partial charge on any atom is 0.226 e. The first-order valence-electron chi connectivity index (χ1n) is 11.5. The molecule has 1 atom stereocenters. The Kier molecular flexibility index (Phi) is 6.30. The third kappa shape index (κ3) is 4.08. The van der Waals surface area contributed by atoms with Crippen molar-refractivity contribution in [2.24, 2.45) is 5.92 Å². The average Bonchev–Trinajstić information content (AvgIpc) is 3.16. The van der Waals surface area contributed by atoms with E-state index in [1.54, 1.807) is 24.8 Å². The van der Waals surface area contributed by atoms with Crippen molar-refractivity contribution < 1.29 is 9.53 Å². The summed E-state index contributed by atoms with van der Waals surface area (Å²) in [5, 5.41) is 7.62. The van der Waals surface area contributed by atoms with E-state index in [0.29, 0.717) is 17.7 Å². The molecule has 1 unspecified atom stereocenters. The zero-order valence-corrected chi connectivity index (χ0v) is 21.6. The normalized spacial score (nSPS) is 18.1. The second-order valence-electron chi connectivity index (χ2n) is 9.15. The number of carbonyl (C=O) groups excluding carboxylic acids is 1. The molecule has 34 heavy (non-hydrogen) atoms. The average molecular weight is 499 g/mol. The third-order valence-corrected chi connectivity index (χ3v) is 8.47. The van der Waals surface area contributed by atoms with Gasteiger partial charge in [-0.05, 0) is 45.0 Å².